The molecule has 2 heterocycles. The molecule has 21 heavy (non-hydrogen) atoms. The molecule has 2 aromatic heterocycles. The third-order valence-electron chi connectivity index (χ3n) is 3.25. The predicted molar refractivity (Wildman–Crippen MR) is 91.4 cm³/mol. The van der Waals surface area contributed by atoms with E-state index in [1.54, 1.807) is 11.3 Å². The summed E-state index contributed by atoms with van der Waals surface area (Å²) in [4.78, 5) is 4.50. The van der Waals surface area contributed by atoms with E-state index in [9.17, 15) is 0 Å². The van der Waals surface area contributed by atoms with Crippen LogP contribution in [0.25, 0.3) is 0 Å². The lowest BCUT2D eigenvalue weighted by atomic mass is 10.0. The Morgan fingerprint density at radius 3 is 2.57 bits per heavy atom. The molecule has 1 atom stereocenters. The number of thiophene rings is 1. The van der Waals surface area contributed by atoms with Gasteiger partial charge in [0.25, 0.3) is 0 Å². The van der Waals surface area contributed by atoms with Crippen LogP contribution >= 0.6 is 27.3 Å². The summed E-state index contributed by atoms with van der Waals surface area (Å²) < 4.78 is 1.16. The highest BCUT2D eigenvalue weighted by molar-refractivity contribution is 9.11. The van der Waals surface area contributed by atoms with E-state index in [-0.39, 0.29) is 6.04 Å². The van der Waals surface area contributed by atoms with Crippen molar-refractivity contribution in [3.63, 3.8) is 0 Å². The monoisotopic (exact) mass is 358 g/mol. The second kappa shape index (κ2) is 6.98. The van der Waals surface area contributed by atoms with Gasteiger partial charge in [-0.25, -0.2) is 0 Å². The van der Waals surface area contributed by atoms with Crippen LogP contribution in [0, 0.1) is 0 Å². The van der Waals surface area contributed by atoms with Gasteiger partial charge in [-0.05, 0) is 50.6 Å². The molecule has 0 saturated carbocycles. The van der Waals surface area contributed by atoms with E-state index in [4.69, 9.17) is 0 Å². The van der Waals surface area contributed by atoms with Crippen LogP contribution in [0.2, 0.25) is 0 Å². The second-order valence-corrected chi connectivity index (χ2v) is 7.03. The zero-order valence-electron chi connectivity index (χ0n) is 11.4. The number of pyridine rings is 1. The molecule has 0 fully saturated rings. The average molecular weight is 359 g/mol. The molecule has 0 spiro atoms. The second-order valence-electron chi connectivity index (χ2n) is 4.74. The maximum absolute atomic E-state index is 4.50. The number of benzene rings is 1. The van der Waals surface area contributed by atoms with E-state index in [1.807, 2.05) is 24.4 Å². The van der Waals surface area contributed by atoms with Gasteiger partial charge in [-0.15, -0.1) is 11.3 Å². The van der Waals surface area contributed by atoms with Crippen molar-refractivity contribution in [2.75, 3.05) is 0 Å². The first kappa shape index (κ1) is 14.4. The Balaban J connectivity index is 1.83. The fraction of sp³-hybridized carbons (Fsp3) is 0.118. The van der Waals surface area contributed by atoms with Crippen LogP contribution in [0.3, 0.4) is 0 Å². The number of rotatable bonds is 5. The molecule has 2 nitrogen and oxygen atoms in total. The minimum absolute atomic E-state index is 0.103. The minimum atomic E-state index is 0.103. The molecule has 0 saturated heterocycles. The van der Waals surface area contributed by atoms with E-state index in [1.165, 1.54) is 11.1 Å². The van der Waals surface area contributed by atoms with Gasteiger partial charge in [0.2, 0.25) is 0 Å². The van der Waals surface area contributed by atoms with Crippen LogP contribution in [-0.4, -0.2) is 4.98 Å². The normalized spacial score (nSPS) is 12.2. The van der Waals surface area contributed by atoms with E-state index in [2.05, 4.69) is 68.0 Å². The molecule has 3 rings (SSSR count). The molecular formula is C17H15BrN2S. The van der Waals surface area contributed by atoms with Crippen molar-refractivity contribution in [1.82, 2.24) is 10.3 Å². The van der Waals surface area contributed by atoms with Gasteiger partial charge in [-0.1, -0.05) is 36.4 Å². The Labute approximate surface area is 137 Å². The van der Waals surface area contributed by atoms with Crippen molar-refractivity contribution < 1.29 is 0 Å². The molecule has 0 aliphatic rings. The van der Waals surface area contributed by atoms with Gasteiger partial charge < -0.3 is 5.32 Å². The lowest BCUT2D eigenvalue weighted by molar-refractivity contribution is 0.592. The smallest absolute Gasteiger partial charge is 0.0754 e. The van der Waals surface area contributed by atoms with Crippen molar-refractivity contribution >= 4 is 27.3 Å². The fourth-order valence-electron chi connectivity index (χ4n) is 2.24. The first-order valence-corrected chi connectivity index (χ1v) is 8.42. The molecule has 1 unspecified atom stereocenters. The number of nitrogens with one attached hydrogen (secondary N) is 1. The number of aromatic nitrogens is 1. The summed E-state index contributed by atoms with van der Waals surface area (Å²) in [5.41, 5.74) is 3.55. The van der Waals surface area contributed by atoms with Crippen LogP contribution in [-0.2, 0) is 6.54 Å². The van der Waals surface area contributed by atoms with Gasteiger partial charge >= 0.3 is 0 Å². The summed E-state index contributed by atoms with van der Waals surface area (Å²) in [6.45, 7) is 0.818. The molecule has 1 N–H and O–H groups in total. The van der Waals surface area contributed by atoms with Crippen molar-refractivity contribution in [3.8, 4) is 0 Å². The van der Waals surface area contributed by atoms with Crippen molar-refractivity contribution in [1.29, 1.82) is 0 Å². The van der Waals surface area contributed by atoms with Crippen LogP contribution < -0.4 is 5.32 Å². The number of halogens is 1. The van der Waals surface area contributed by atoms with Gasteiger partial charge in [0.15, 0.2) is 0 Å². The largest absolute Gasteiger partial charge is 0.301 e. The standard InChI is InChI=1S/C17H15BrN2S/c18-16-10-13(12-21-16)11-20-17(14-6-2-1-3-7-14)15-8-4-5-9-19-15/h1-10,12,17,20H,11H2. The summed E-state index contributed by atoms with van der Waals surface area (Å²) in [6, 6.07) is 18.7. The van der Waals surface area contributed by atoms with Gasteiger partial charge in [0.05, 0.1) is 15.5 Å². The molecule has 0 aliphatic heterocycles. The van der Waals surface area contributed by atoms with Crippen LogP contribution in [0.4, 0.5) is 0 Å². The Kier molecular flexibility index (Phi) is 4.80. The number of nitrogens with zero attached hydrogens (tertiary/aromatic N) is 1. The van der Waals surface area contributed by atoms with E-state index in [0.29, 0.717) is 0 Å². The molecule has 0 radical (unpaired) electrons. The summed E-state index contributed by atoms with van der Waals surface area (Å²) >= 11 is 5.22. The summed E-state index contributed by atoms with van der Waals surface area (Å²) in [7, 11) is 0. The third kappa shape index (κ3) is 3.79. The highest BCUT2D eigenvalue weighted by atomic mass is 79.9. The molecule has 0 bridgehead atoms. The first-order valence-electron chi connectivity index (χ1n) is 6.75. The maximum atomic E-state index is 4.50. The van der Waals surface area contributed by atoms with Gasteiger partial charge in [-0.2, -0.15) is 0 Å². The predicted octanol–water partition coefficient (Wildman–Crippen LogP) is 4.78. The fourth-order valence-corrected chi connectivity index (χ4v) is 3.45. The van der Waals surface area contributed by atoms with Gasteiger partial charge in [-0.3, -0.25) is 4.98 Å². The van der Waals surface area contributed by atoms with E-state index >= 15 is 0 Å². The zero-order chi connectivity index (χ0) is 14.5. The van der Waals surface area contributed by atoms with Crippen molar-refractivity contribution in [2.24, 2.45) is 0 Å². The average Bonchev–Trinajstić information content (AvgIpc) is 2.95. The molecule has 1 aromatic carbocycles. The molecule has 106 valence electrons. The van der Waals surface area contributed by atoms with Crippen LogP contribution in [0.5, 0.6) is 0 Å². The summed E-state index contributed by atoms with van der Waals surface area (Å²) in [6.07, 6.45) is 1.84. The van der Waals surface area contributed by atoms with Crippen molar-refractivity contribution in [3.05, 3.63) is 86.8 Å². The molecule has 3 aromatic rings. The quantitative estimate of drug-likeness (QED) is 0.709. The summed E-state index contributed by atoms with van der Waals surface area (Å²) in [5, 5.41) is 5.77. The lowest BCUT2D eigenvalue weighted by Gasteiger charge is -2.18. The highest BCUT2D eigenvalue weighted by Gasteiger charge is 2.14. The first-order chi connectivity index (χ1) is 10.3. The van der Waals surface area contributed by atoms with Gasteiger partial charge in [0.1, 0.15) is 0 Å². The Morgan fingerprint density at radius 1 is 1.10 bits per heavy atom. The lowest BCUT2D eigenvalue weighted by Crippen LogP contribution is -2.22. The molecular weight excluding hydrogens is 344 g/mol. The molecule has 0 aliphatic carbocycles. The minimum Gasteiger partial charge on any atom is -0.301 e. The van der Waals surface area contributed by atoms with E-state index < -0.39 is 0 Å². The zero-order valence-corrected chi connectivity index (χ0v) is 13.8. The Bertz CT molecular complexity index is 643. The highest BCUT2D eigenvalue weighted by Crippen LogP contribution is 2.23. The van der Waals surface area contributed by atoms with Gasteiger partial charge in [0, 0.05) is 12.7 Å². The van der Waals surface area contributed by atoms with Crippen molar-refractivity contribution in [2.45, 2.75) is 12.6 Å². The summed E-state index contributed by atoms with van der Waals surface area (Å²) in [5.74, 6) is 0. The van der Waals surface area contributed by atoms with Crippen LogP contribution in [0.1, 0.15) is 22.9 Å². The Hall–Kier alpha value is -1.49. The number of hydrogen-bond acceptors (Lipinski definition) is 3. The Morgan fingerprint density at radius 2 is 1.90 bits per heavy atom. The maximum Gasteiger partial charge on any atom is 0.0754 e. The molecule has 4 heteroatoms. The SMILES string of the molecule is Brc1cc(CNC(c2ccccc2)c2ccccn2)cs1. The topological polar surface area (TPSA) is 24.9 Å². The molecule has 0 amide bonds. The third-order valence-corrected chi connectivity index (χ3v) is 4.80. The van der Waals surface area contributed by atoms with E-state index in [0.717, 1.165) is 16.0 Å². The van der Waals surface area contributed by atoms with Crippen LogP contribution in [0.15, 0.2) is 70.0 Å². The number of hydrogen-bond donors (Lipinski definition) is 1.